The van der Waals surface area contributed by atoms with Gasteiger partial charge in [-0.25, -0.2) is 0 Å². The van der Waals surface area contributed by atoms with Gasteiger partial charge in [-0.3, -0.25) is 4.79 Å². The predicted octanol–water partition coefficient (Wildman–Crippen LogP) is 3.60. The van der Waals surface area contributed by atoms with Crippen LogP contribution in [0, 0.1) is 0 Å². The van der Waals surface area contributed by atoms with Crippen LogP contribution in [-0.4, -0.2) is 23.0 Å². The van der Waals surface area contributed by atoms with Crippen molar-refractivity contribution >= 4 is 17.5 Å². The summed E-state index contributed by atoms with van der Waals surface area (Å²) in [6, 6.07) is 12.9. The van der Waals surface area contributed by atoms with E-state index < -0.39 is 0 Å². The van der Waals surface area contributed by atoms with Crippen LogP contribution in [0.1, 0.15) is 18.1 Å². The van der Waals surface area contributed by atoms with Crippen LogP contribution < -0.4 is 4.74 Å². The molecule has 0 heterocycles. The highest BCUT2D eigenvalue weighted by Gasteiger charge is 2.15. The summed E-state index contributed by atoms with van der Waals surface area (Å²) < 4.78 is 5.15. The van der Waals surface area contributed by atoms with E-state index in [0.29, 0.717) is 17.9 Å². The molecule has 22 heavy (non-hydrogen) atoms. The lowest BCUT2D eigenvalue weighted by Gasteiger charge is -2.22. The molecule has 0 radical (unpaired) electrons. The van der Waals surface area contributed by atoms with Gasteiger partial charge in [-0.2, -0.15) is 0 Å². The van der Waals surface area contributed by atoms with E-state index in [-0.39, 0.29) is 23.2 Å². The van der Waals surface area contributed by atoms with E-state index in [1.165, 1.54) is 20.1 Å². The summed E-state index contributed by atoms with van der Waals surface area (Å²) in [5.74, 6) is 0.435. The summed E-state index contributed by atoms with van der Waals surface area (Å²) in [6.45, 7) is 2.22. The number of rotatable bonds is 5. The smallest absolute Gasteiger partial charge is 0.220 e. The molecule has 1 amide bonds. The van der Waals surface area contributed by atoms with Gasteiger partial charge in [0.15, 0.2) is 0 Å². The molecule has 0 saturated carbocycles. The highest BCUT2D eigenvalue weighted by molar-refractivity contribution is 6.32. The maximum atomic E-state index is 11.9. The molecule has 0 atom stereocenters. The first-order valence-corrected chi connectivity index (χ1v) is 7.24. The van der Waals surface area contributed by atoms with Gasteiger partial charge in [0.05, 0.1) is 12.1 Å². The highest BCUT2D eigenvalue weighted by Crippen LogP contribution is 2.33. The van der Waals surface area contributed by atoms with E-state index >= 15 is 0 Å². The number of carbonyl (C=O) groups is 1. The van der Waals surface area contributed by atoms with Crippen LogP contribution in [-0.2, 0) is 17.9 Å². The first-order valence-electron chi connectivity index (χ1n) is 6.86. The lowest BCUT2D eigenvalue weighted by Crippen LogP contribution is -2.27. The first kappa shape index (κ1) is 16.2. The van der Waals surface area contributed by atoms with Gasteiger partial charge in [-0.1, -0.05) is 41.9 Å². The van der Waals surface area contributed by atoms with E-state index in [0.717, 1.165) is 5.56 Å². The summed E-state index contributed by atoms with van der Waals surface area (Å²) in [7, 11) is 1.53. The Hall–Kier alpha value is -2.20. The number of nitrogens with zero attached hydrogens (tertiary/aromatic N) is 1. The van der Waals surface area contributed by atoms with Crippen molar-refractivity contribution in [3.63, 3.8) is 0 Å². The maximum absolute atomic E-state index is 11.9. The molecule has 0 unspecified atom stereocenters. The molecule has 0 aliphatic carbocycles. The SMILES string of the molecule is COc1cc(Cl)c(O)c(CN(Cc2ccccc2)C(C)=O)c1. The maximum Gasteiger partial charge on any atom is 0.220 e. The largest absolute Gasteiger partial charge is 0.506 e. The van der Waals surface area contributed by atoms with E-state index in [2.05, 4.69) is 0 Å². The fourth-order valence-electron chi connectivity index (χ4n) is 2.15. The number of hydrogen-bond acceptors (Lipinski definition) is 3. The van der Waals surface area contributed by atoms with Crippen LogP contribution in [0.25, 0.3) is 0 Å². The molecule has 4 nitrogen and oxygen atoms in total. The van der Waals surface area contributed by atoms with Crippen LogP contribution in [0.2, 0.25) is 5.02 Å². The first-order chi connectivity index (χ1) is 10.5. The van der Waals surface area contributed by atoms with Gasteiger partial charge in [-0.15, -0.1) is 0 Å². The summed E-state index contributed by atoms with van der Waals surface area (Å²) in [4.78, 5) is 13.5. The van der Waals surface area contributed by atoms with E-state index in [1.54, 1.807) is 11.0 Å². The fraction of sp³-hybridized carbons (Fsp3) is 0.235. The number of benzene rings is 2. The van der Waals surface area contributed by atoms with Gasteiger partial charge in [0.25, 0.3) is 0 Å². The van der Waals surface area contributed by atoms with Crippen molar-refractivity contribution in [2.45, 2.75) is 20.0 Å². The van der Waals surface area contributed by atoms with Gasteiger partial charge in [-0.05, 0) is 11.6 Å². The Morgan fingerprint density at radius 1 is 1.23 bits per heavy atom. The van der Waals surface area contributed by atoms with Crippen molar-refractivity contribution in [2.75, 3.05) is 7.11 Å². The second kappa shape index (κ2) is 7.18. The second-order valence-corrected chi connectivity index (χ2v) is 5.38. The molecule has 1 N–H and O–H groups in total. The molecule has 0 aliphatic rings. The molecule has 2 rings (SSSR count). The third kappa shape index (κ3) is 3.92. The Bertz CT molecular complexity index is 658. The topological polar surface area (TPSA) is 49.8 Å². The molecule has 116 valence electrons. The molecule has 2 aromatic carbocycles. The van der Waals surface area contributed by atoms with Gasteiger partial charge < -0.3 is 14.7 Å². The van der Waals surface area contributed by atoms with Crippen molar-refractivity contribution in [3.8, 4) is 11.5 Å². The Morgan fingerprint density at radius 2 is 1.91 bits per heavy atom. The molecule has 5 heteroatoms. The van der Waals surface area contributed by atoms with Crippen LogP contribution >= 0.6 is 11.6 Å². The standard InChI is InChI=1S/C17H18ClNO3/c1-12(20)19(10-13-6-4-3-5-7-13)11-14-8-15(22-2)9-16(18)17(14)21/h3-9,21H,10-11H2,1-2H3. The Morgan fingerprint density at radius 3 is 2.50 bits per heavy atom. The minimum Gasteiger partial charge on any atom is -0.506 e. The number of hydrogen-bond donors (Lipinski definition) is 1. The summed E-state index contributed by atoms with van der Waals surface area (Å²) >= 11 is 5.99. The average Bonchev–Trinajstić information content (AvgIpc) is 2.51. The Kier molecular flexibility index (Phi) is 5.28. The number of ether oxygens (including phenoxy) is 1. The van der Waals surface area contributed by atoms with Crippen molar-refractivity contribution in [1.29, 1.82) is 0 Å². The van der Waals surface area contributed by atoms with Crippen molar-refractivity contribution < 1.29 is 14.6 Å². The van der Waals surface area contributed by atoms with Gasteiger partial charge in [0.2, 0.25) is 5.91 Å². The van der Waals surface area contributed by atoms with Crippen LogP contribution in [0.3, 0.4) is 0 Å². The Labute approximate surface area is 134 Å². The van der Waals surface area contributed by atoms with E-state index in [4.69, 9.17) is 16.3 Å². The van der Waals surface area contributed by atoms with Gasteiger partial charge in [0.1, 0.15) is 11.5 Å². The van der Waals surface area contributed by atoms with Gasteiger partial charge in [0, 0.05) is 31.6 Å². The monoisotopic (exact) mass is 319 g/mol. The lowest BCUT2D eigenvalue weighted by atomic mass is 10.1. The Balaban J connectivity index is 2.25. The normalized spacial score (nSPS) is 10.3. The van der Waals surface area contributed by atoms with Gasteiger partial charge >= 0.3 is 0 Å². The lowest BCUT2D eigenvalue weighted by molar-refractivity contribution is -0.130. The number of aromatic hydroxyl groups is 1. The van der Waals surface area contributed by atoms with Crippen LogP contribution in [0.5, 0.6) is 11.5 Å². The minimum absolute atomic E-state index is 0.0261. The number of phenols is 1. The van der Waals surface area contributed by atoms with Crippen molar-refractivity contribution in [3.05, 3.63) is 58.6 Å². The summed E-state index contributed by atoms with van der Waals surface area (Å²) in [6.07, 6.45) is 0. The highest BCUT2D eigenvalue weighted by atomic mass is 35.5. The summed E-state index contributed by atoms with van der Waals surface area (Å²) in [5.41, 5.74) is 1.57. The zero-order valence-corrected chi connectivity index (χ0v) is 13.3. The zero-order chi connectivity index (χ0) is 16.1. The summed E-state index contributed by atoms with van der Waals surface area (Å²) in [5, 5.41) is 10.3. The van der Waals surface area contributed by atoms with Crippen molar-refractivity contribution in [1.82, 2.24) is 4.90 Å². The predicted molar refractivity (Wildman–Crippen MR) is 86.0 cm³/mol. The number of methoxy groups -OCH3 is 1. The minimum atomic E-state index is -0.0813. The number of amides is 1. The molecule has 0 aromatic heterocycles. The zero-order valence-electron chi connectivity index (χ0n) is 12.5. The quantitative estimate of drug-likeness (QED) is 0.916. The molecule has 0 spiro atoms. The molecular weight excluding hydrogens is 302 g/mol. The number of carbonyl (C=O) groups excluding carboxylic acids is 1. The van der Waals surface area contributed by atoms with E-state index in [1.807, 2.05) is 30.3 Å². The third-order valence-electron chi connectivity index (χ3n) is 3.37. The fourth-order valence-corrected chi connectivity index (χ4v) is 2.38. The number of halogens is 1. The second-order valence-electron chi connectivity index (χ2n) is 4.98. The average molecular weight is 320 g/mol. The number of phenolic OH excluding ortho intramolecular Hbond substituents is 1. The van der Waals surface area contributed by atoms with Crippen molar-refractivity contribution in [2.24, 2.45) is 0 Å². The molecule has 0 bridgehead atoms. The van der Waals surface area contributed by atoms with E-state index in [9.17, 15) is 9.90 Å². The molecule has 0 saturated heterocycles. The molecule has 0 aliphatic heterocycles. The third-order valence-corrected chi connectivity index (χ3v) is 3.66. The molecule has 2 aromatic rings. The van der Waals surface area contributed by atoms with Crippen LogP contribution in [0.15, 0.2) is 42.5 Å². The molecule has 0 fully saturated rings. The van der Waals surface area contributed by atoms with Crippen LogP contribution in [0.4, 0.5) is 0 Å². The molecular formula is C17H18ClNO3.